The van der Waals surface area contributed by atoms with Crippen molar-refractivity contribution in [1.82, 2.24) is 20.2 Å². The van der Waals surface area contributed by atoms with Crippen molar-refractivity contribution < 1.29 is 4.42 Å². The van der Waals surface area contributed by atoms with Crippen LogP contribution in [0.25, 0.3) is 0 Å². The number of rotatable bonds is 3. The molecule has 1 saturated heterocycles. The monoisotopic (exact) mass is 322 g/mol. The molecule has 3 heterocycles. The van der Waals surface area contributed by atoms with E-state index < -0.39 is 0 Å². The normalized spacial score (nSPS) is 28.8. The van der Waals surface area contributed by atoms with Gasteiger partial charge in [-0.25, -0.2) is 9.97 Å². The van der Waals surface area contributed by atoms with Gasteiger partial charge in [-0.3, -0.25) is 0 Å². The third-order valence-corrected chi connectivity index (χ3v) is 5.78. The molecule has 5 rings (SSSR count). The van der Waals surface area contributed by atoms with Crippen molar-refractivity contribution in [2.45, 2.75) is 43.4 Å². The van der Waals surface area contributed by atoms with E-state index in [-0.39, 0.29) is 5.41 Å². The van der Waals surface area contributed by atoms with E-state index in [0.29, 0.717) is 17.4 Å². The molecule has 0 unspecified atom stereocenters. The molecule has 2 atom stereocenters. The number of hydrogen-bond donors (Lipinski definition) is 0. The highest BCUT2D eigenvalue weighted by atomic mass is 16.4. The maximum Gasteiger partial charge on any atom is 0.224 e. The highest BCUT2D eigenvalue weighted by Crippen LogP contribution is 2.51. The van der Waals surface area contributed by atoms with Gasteiger partial charge in [-0.15, -0.1) is 10.2 Å². The lowest BCUT2D eigenvalue weighted by Gasteiger charge is -2.24. The van der Waals surface area contributed by atoms with E-state index in [0.717, 1.165) is 56.4 Å². The number of nitriles is 1. The summed E-state index contributed by atoms with van der Waals surface area (Å²) < 4.78 is 6.09. The Morgan fingerprint density at radius 2 is 2.21 bits per heavy atom. The molecule has 7 heteroatoms. The summed E-state index contributed by atoms with van der Waals surface area (Å²) >= 11 is 0. The van der Waals surface area contributed by atoms with Gasteiger partial charge in [-0.1, -0.05) is 6.42 Å². The number of nitrogens with zero attached hydrogens (tertiary/aromatic N) is 6. The van der Waals surface area contributed by atoms with E-state index in [1.807, 2.05) is 0 Å². The number of hydrogen-bond acceptors (Lipinski definition) is 7. The molecule has 2 aromatic heterocycles. The highest BCUT2D eigenvalue weighted by Gasteiger charge is 2.55. The van der Waals surface area contributed by atoms with Crippen molar-refractivity contribution in [3.05, 3.63) is 29.9 Å². The average molecular weight is 322 g/mol. The van der Waals surface area contributed by atoms with Crippen LogP contribution in [0.2, 0.25) is 0 Å². The lowest BCUT2D eigenvalue weighted by molar-refractivity contribution is 0.296. The maximum absolute atomic E-state index is 9.34. The van der Waals surface area contributed by atoms with E-state index in [1.54, 1.807) is 6.20 Å². The topological polar surface area (TPSA) is 91.7 Å². The second-order valence-corrected chi connectivity index (χ2v) is 7.22. The van der Waals surface area contributed by atoms with Gasteiger partial charge in [-0.2, -0.15) is 5.26 Å². The largest absolute Gasteiger partial charge is 0.424 e. The summed E-state index contributed by atoms with van der Waals surface area (Å²) in [6, 6.07) is 2.20. The van der Waals surface area contributed by atoms with Crippen molar-refractivity contribution in [2.75, 3.05) is 18.0 Å². The van der Waals surface area contributed by atoms with Crippen molar-refractivity contribution in [1.29, 1.82) is 5.26 Å². The summed E-state index contributed by atoms with van der Waals surface area (Å²) in [7, 11) is 0. The molecule has 0 radical (unpaired) electrons. The van der Waals surface area contributed by atoms with Gasteiger partial charge in [0, 0.05) is 19.0 Å². The Labute approximate surface area is 139 Å². The lowest BCUT2D eigenvalue weighted by Crippen LogP contribution is -2.32. The second kappa shape index (κ2) is 5.00. The number of anilines is 1. The van der Waals surface area contributed by atoms with Gasteiger partial charge in [0.1, 0.15) is 23.8 Å². The predicted molar refractivity (Wildman–Crippen MR) is 84.3 cm³/mol. The van der Waals surface area contributed by atoms with E-state index in [1.165, 1.54) is 12.7 Å². The Balaban J connectivity index is 1.50. The first-order chi connectivity index (χ1) is 11.8. The Hall–Kier alpha value is -2.49. The maximum atomic E-state index is 9.34. The van der Waals surface area contributed by atoms with Crippen molar-refractivity contribution >= 4 is 5.82 Å². The average Bonchev–Trinajstić information content (AvgIpc) is 3.05. The fourth-order valence-electron chi connectivity index (χ4n) is 4.39. The smallest absolute Gasteiger partial charge is 0.224 e. The molecule has 2 aliphatic carbocycles. The van der Waals surface area contributed by atoms with Gasteiger partial charge in [0.25, 0.3) is 0 Å². The van der Waals surface area contributed by atoms with Crippen LogP contribution < -0.4 is 4.90 Å². The van der Waals surface area contributed by atoms with Crippen LogP contribution in [-0.2, 0) is 5.41 Å². The third-order valence-electron chi connectivity index (χ3n) is 5.78. The Kier molecular flexibility index (Phi) is 2.90. The SMILES string of the molecule is N#Cc1cncnc1N1C[C@@H]2CCC[C@]2(c2nnc(C3CC3)o2)C1. The summed E-state index contributed by atoms with van der Waals surface area (Å²) in [5.74, 6) is 3.28. The summed E-state index contributed by atoms with van der Waals surface area (Å²) in [6.07, 6.45) is 8.83. The van der Waals surface area contributed by atoms with Crippen LogP contribution in [0.3, 0.4) is 0 Å². The molecule has 3 aliphatic rings. The molecule has 3 fully saturated rings. The molecule has 0 amide bonds. The fourth-order valence-corrected chi connectivity index (χ4v) is 4.39. The first-order valence-electron chi connectivity index (χ1n) is 8.59. The van der Waals surface area contributed by atoms with Crippen molar-refractivity contribution in [2.24, 2.45) is 5.92 Å². The fraction of sp³-hybridized carbons (Fsp3) is 0.588. The van der Waals surface area contributed by atoms with Crippen LogP contribution >= 0.6 is 0 Å². The Morgan fingerprint density at radius 3 is 3.04 bits per heavy atom. The molecule has 7 nitrogen and oxygen atoms in total. The molecule has 0 N–H and O–H groups in total. The summed E-state index contributed by atoms with van der Waals surface area (Å²) in [4.78, 5) is 10.5. The molecule has 24 heavy (non-hydrogen) atoms. The molecule has 0 aromatic carbocycles. The van der Waals surface area contributed by atoms with E-state index in [4.69, 9.17) is 4.42 Å². The lowest BCUT2D eigenvalue weighted by atomic mass is 9.80. The zero-order chi connectivity index (χ0) is 16.1. The standard InChI is InChI=1S/C17H18N6O/c18-6-12-7-19-10-20-14(12)23-8-13-2-1-5-17(13,9-23)16-22-21-15(24-16)11-3-4-11/h7,10-11,13H,1-5,8-9H2/t13-,17-/m0/s1. The minimum Gasteiger partial charge on any atom is -0.424 e. The van der Waals surface area contributed by atoms with Gasteiger partial charge in [-0.05, 0) is 31.6 Å². The van der Waals surface area contributed by atoms with E-state index in [9.17, 15) is 5.26 Å². The predicted octanol–water partition coefficient (Wildman–Crippen LogP) is 2.17. The van der Waals surface area contributed by atoms with Gasteiger partial charge in [0.15, 0.2) is 0 Å². The summed E-state index contributed by atoms with van der Waals surface area (Å²) in [5.41, 5.74) is 0.439. The zero-order valence-corrected chi connectivity index (χ0v) is 13.4. The number of fused-ring (bicyclic) bond motifs is 1. The van der Waals surface area contributed by atoms with Crippen molar-refractivity contribution in [3.8, 4) is 6.07 Å². The quantitative estimate of drug-likeness (QED) is 0.855. The van der Waals surface area contributed by atoms with Crippen LogP contribution in [0.15, 0.2) is 16.9 Å². The molecule has 122 valence electrons. The number of aromatic nitrogens is 4. The van der Waals surface area contributed by atoms with Gasteiger partial charge in [0.05, 0.1) is 11.6 Å². The molecule has 0 bridgehead atoms. The zero-order valence-electron chi connectivity index (χ0n) is 13.4. The molecular formula is C17H18N6O. The van der Waals surface area contributed by atoms with E-state index >= 15 is 0 Å². The van der Waals surface area contributed by atoms with Gasteiger partial charge in [0.2, 0.25) is 11.8 Å². The summed E-state index contributed by atoms with van der Waals surface area (Å²) in [6.45, 7) is 1.67. The Bertz CT molecular complexity index is 822. The van der Waals surface area contributed by atoms with Crippen LogP contribution in [-0.4, -0.2) is 33.3 Å². The Morgan fingerprint density at radius 1 is 1.29 bits per heavy atom. The second-order valence-electron chi connectivity index (χ2n) is 7.22. The van der Waals surface area contributed by atoms with Crippen LogP contribution in [0.5, 0.6) is 0 Å². The molecule has 1 aliphatic heterocycles. The van der Waals surface area contributed by atoms with Gasteiger partial charge >= 0.3 is 0 Å². The van der Waals surface area contributed by atoms with Crippen molar-refractivity contribution in [3.63, 3.8) is 0 Å². The van der Waals surface area contributed by atoms with Crippen LogP contribution in [0, 0.1) is 17.2 Å². The first kappa shape index (κ1) is 13.9. The minimum absolute atomic E-state index is 0.0855. The van der Waals surface area contributed by atoms with E-state index in [2.05, 4.69) is 31.1 Å². The van der Waals surface area contributed by atoms with Gasteiger partial charge < -0.3 is 9.32 Å². The molecule has 0 spiro atoms. The summed E-state index contributed by atoms with van der Waals surface area (Å²) in [5, 5.41) is 18.1. The van der Waals surface area contributed by atoms with Crippen LogP contribution in [0.4, 0.5) is 5.82 Å². The minimum atomic E-state index is -0.0855. The highest BCUT2D eigenvalue weighted by molar-refractivity contribution is 5.54. The third kappa shape index (κ3) is 1.95. The molecular weight excluding hydrogens is 304 g/mol. The molecule has 2 saturated carbocycles. The molecule has 2 aromatic rings. The van der Waals surface area contributed by atoms with Crippen LogP contribution in [0.1, 0.15) is 55.4 Å². The first-order valence-corrected chi connectivity index (χ1v) is 8.59.